The van der Waals surface area contributed by atoms with E-state index in [2.05, 4.69) is 37.0 Å². The molecular formula is C23H27FN8. The van der Waals surface area contributed by atoms with Gasteiger partial charge in [0.15, 0.2) is 11.6 Å². The monoisotopic (exact) mass is 434 g/mol. The lowest BCUT2D eigenvalue weighted by Gasteiger charge is -2.33. The summed E-state index contributed by atoms with van der Waals surface area (Å²) in [5.41, 5.74) is 9.46. The van der Waals surface area contributed by atoms with Crippen molar-refractivity contribution in [2.24, 2.45) is 5.73 Å². The van der Waals surface area contributed by atoms with E-state index in [0.29, 0.717) is 11.4 Å². The van der Waals surface area contributed by atoms with Crippen molar-refractivity contribution in [3.63, 3.8) is 0 Å². The molecule has 0 unspecified atom stereocenters. The molecule has 0 amide bonds. The number of halogens is 1. The van der Waals surface area contributed by atoms with Gasteiger partial charge in [0.2, 0.25) is 0 Å². The Hall–Kier alpha value is -3.72. The normalized spacial score (nSPS) is 16.8. The Kier molecular flexibility index (Phi) is 6.46. The second-order valence-corrected chi connectivity index (χ2v) is 7.64. The standard InChI is InChI=1S/C23H27FN8/c1-3-4-18(24)13-16(14-25)5-6-17-15-27-30-20(17)22-28-19-7-8-26-23(21(19)29-22)32-11-9-31(2)10-12-32/h3-8,13-15H,9-12,25H2,1-2H3,(H,27,30)(H,28,29)/b4-3+,6-5+,16-14-,18-13+. The van der Waals surface area contributed by atoms with Crippen molar-refractivity contribution >= 4 is 22.9 Å². The molecule has 166 valence electrons. The lowest BCUT2D eigenvalue weighted by molar-refractivity contribution is 0.312. The zero-order chi connectivity index (χ0) is 22.5. The minimum Gasteiger partial charge on any atom is -0.404 e. The van der Waals surface area contributed by atoms with Crippen LogP contribution < -0.4 is 10.6 Å². The van der Waals surface area contributed by atoms with Gasteiger partial charge in [0.25, 0.3) is 0 Å². The Labute approximate surface area is 186 Å². The number of imidazole rings is 1. The number of H-pyrrole nitrogens is 2. The molecule has 0 bridgehead atoms. The summed E-state index contributed by atoms with van der Waals surface area (Å²) < 4.78 is 13.8. The number of nitrogens with one attached hydrogen (secondary N) is 2. The highest BCUT2D eigenvalue weighted by Crippen LogP contribution is 2.28. The molecule has 0 saturated carbocycles. The van der Waals surface area contributed by atoms with Crippen LogP contribution in [0.4, 0.5) is 10.2 Å². The van der Waals surface area contributed by atoms with E-state index in [1.165, 1.54) is 18.4 Å². The molecular weight excluding hydrogens is 407 g/mol. The number of pyridine rings is 1. The maximum Gasteiger partial charge on any atom is 0.157 e. The van der Waals surface area contributed by atoms with Crippen molar-refractivity contribution in [2.75, 3.05) is 38.1 Å². The molecule has 3 aromatic heterocycles. The Bertz CT molecular complexity index is 1190. The van der Waals surface area contributed by atoms with Gasteiger partial charge in [0.1, 0.15) is 17.0 Å². The number of nitrogens with two attached hydrogens (primary N) is 1. The molecule has 8 nitrogen and oxygen atoms in total. The lowest BCUT2D eigenvalue weighted by Crippen LogP contribution is -2.44. The van der Waals surface area contributed by atoms with Crippen LogP contribution in [0, 0.1) is 0 Å². The van der Waals surface area contributed by atoms with Crippen molar-refractivity contribution < 1.29 is 4.39 Å². The quantitative estimate of drug-likeness (QED) is 0.514. The van der Waals surface area contributed by atoms with Crippen LogP contribution in [-0.4, -0.2) is 63.3 Å². The number of allylic oxidation sites excluding steroid dienone is 6. The molecule has 4 rings (SSSR count). The summed E-state index contributed by atoms with van der Waals surface area (Å²) in [6.07, 6.45) is 12.8. The molecule has 9 heteroatoms. The third kappa shape index (κ3) is 4.62. The van der Waals surface area contributed by atoms with Crippen molar-refractivity contribution in [1.82, 2.24) is 30.0 Å². The fraction of sp³-hybridized carbons (Fsp3) is 0.261. The van der Waals surface area contributed by atoms with E-state index in [4.69, 9.17) is 10.7 Å². The molecule has 3 aromatic rings. The average molecular weight is 435 g/mol. The molecule has 1 aliphatic heterocycles. The average Bonchev–Trinajstić information content (AvgIpc) is 3.43. The highest BCUT2D eigenvalue weighted by Gasteiger charge is 2.20. The fourth-order valence-electron chi connectivity index (χ4n) is 3.61. The summed E-state index contributed by atoms with van der Waals surface area (Å²) in [5, 5.41) is 7.17. The highest BCUT2D eigenvalue weighted by molar-refractivity contribution is 5.89. The maximum absolute atomic E-state index is 13.8. The zero-order valence-electron chi connectivity index (χ0n) is 18.2. The van der Waals surface area contributed by atoms with E-state index in [-0.39, 0.29) is 5.83 Å². The van der Waals surface area contributed by atoms with Crippen molar-refractivity contribution in [3.05, 3.63) is 65.9 Å². The molecule has 4 heterocycles. The second-order valence-electron chi connectivity index (χ2n) is 7.64. The van der Waals surface area contributed by atoms with Gasteiger partial charge in [-0.25, -0.2) is 14.4 Å². The summed E-state index contributed by atoms with van der Waals surface area (Å²) >= 11 is 0. The molecule has 1 aliphatic rings. The Morgan fingerprint density at radius 2 is 2.03 bits per heavy atom. The lowest BCUT2D eigenvalue weighted by atomic mass is 10.1. The number of piperazine rings is 1. The minimum absolute atomic E-state index is 0.373. The summed E-state index contributed by atoms with van der Waals surface area (Å²) in [5.74, 6) is 1.17. The molecule has 0 atom stereocenters. The molecule has 0 spiro atoms. The molecule has 0 aliphatic carbocycles. The van der Waals surface area contributed by atoms with Gasteiger partial charge in [0, 0.05) is 44.1 Å². The number of hydrogen-bond donors (Lipinski definition) is 3. The number of nitrogens with zero attached hydrogens (tertiary/aromatic N) is 5. The van der Waals surface area contributed by atoms with Crippen molar-refractivity contribution in [1.29, 1.82) is 0 Å². The zero-order valence-corrected chi connectivity index (χ0v) is 18.2. The van der Waals surface area contributed by atoms with E-state index < -0.39 is 0 Å². The molecule has 4 N–H and O–H groups in total. The van der Waals surface area contributed by atoms with Gasteiger partial charge in [-0.05, 0) is 37.8 Å². The smallest absolute Gasteiger partial charge is 0.157 e. The molecule has 1 saturated heterocycles. The largest absolute Gasteiger partial charge is 0.404 e. The van der Waals surface area contributed by atoms with Gasteiger partial charge >= 0.3 is 0 Å². The van der Waals surface area contributed by atoms with Gasteiger partial charge in [-0.2, -0.15) is 5.10 Å². The summed E-state index contributed by atoms with van der Waals surface area (Å²) in [6, 6.07) is 1.92. The molecule has 0 aromatic carbocycles. The van der Waals surface area contributed by atoms with Crippen LogP contribution in [0.1, 0.15) is 12.5 Å². The Balaban J connectivity index is 1.63. The third-order valence-electron chi connectivity index (χ3n) is 5.37. The summed E-state index contributed by atoms with van der Waals surface area (Å²) in [7, 11) is 2.13. The number of rotatable bonds is 6. The predicted molar refractivity (Wildman–Crippen MR) is 126 cm³/mol. The SMILES string of the molecule is C/C=C/C(F)=C\C(=C/N)\C=C\c1cn[nH]c1-c1nc2c(N3CCN(C)CC3)nccc2[nH]1. The molecule has 0 radical (unpaired) electrons. The van der Waals surface area contributed by atoms with Crippen molar-refractivity contribution in [2.45, 2.75) is 6.92 Å². The van der Waals surface area contributed by atoms with Crippen LogP contribution in [-0.2, 0) is 0 Å². The van der Waals surface area contributed by atoms with Crippen LogP contribution in [0.15, 0.2) is 60.4 Å². The molecule has 1 fully saturated rings. The van der Waals surface area contributed by atoms with E-state index >= 15 is 0 Å². The Morgan fingerprint density at radius 3 is 2.78 bits per heavy atom. The van der Waals surface area contributed by atoms with Gasteiger partial charge in [0.05, 0.1) is 11.7 Å². The van der Waals surface area contributed by atoms with Crippen LogP contribution in [0.2, 0.25) is 0 Å². The maximum atomic E-state index is 13.8. The third-order valence-corrected chi connectivity index (χ3v) is 5.37. The fourth-order valence-corrected chi connectivity index (χ4v) is 3.61. The van der Waals surface area contributed by atoms with Crippen molar-refractivity contribution in [3.8, 4) is 11.5 Å². The van der Waals surface area contributed by atoms with Crippen LogP contribution in [0.3, 0.4) is 0 Å². The van der Waals surface area contributed by atoms with Gasteiger partial charge in [-0.15, -0.1) is 0 Å². The summed E-state index contributed by atoms with van der Waals surface area (Å²) in [6.45, 7) is 5.56. The van der Waals surface area contributed by atoms with Gasteiger partial charge < -0.3 is 20.5 Å². The Morgan fingerprint density at radius 1 is 1.22 bits per heavy atom. The first-order chi connectivity index (χ1) is 15.6. The number of aromatic nitrogens is 5. The van der Waals surface area contributed by atoms with E-state index in [1.54, 1.807) is 31.5 Å². The number of likely N-dealkylation sites (N-methyl/N-ethyl adjacent to an activating group) is 1. The number of aromatic amines is 2. The summed E-state index contributed by atoms with van der Waals surface area (Å²) in [4.78, 5) is 17.4. The van der Waals surface area contributed by atoms with Crippen LogP contribution in [0.5, 0.6) is 0 Å². The number of fused-ring (bicyclic) bond motifs is 1. The number of hydrogen-bond acceptors (Lipinski definition) is 6. The first-order valence-electron chi connectivity index (χ1n) is 10.5. The topological polar surface area (TPSA) is 103 Å². The van der Waals surface area contributed by atoms with E-state index in [9.17, 15) is 4.39 Å². The second kappa shape index (κ2) is 9.61. The number of anilines is 1. The van der Waals surface area contributed by atoms with Gasteiger partial charge in [-0.1, -0.05) is 18.2 Å². The van der Waals surface area contributed by atoms with Crippen LogP contribution >= 0.6 is 0 Å². The first kappa shape index (κ1) is 21.5. The van der Waals surface area contributed by atoms with E-state index in [0.717, 1.165) is 54.3 Å². The minimum atomic E-state index is -0.373. The van der Waals surface area contributed by atoms with E-state index in [1.807, 2.05) is 12.1 Å². The highest BCUT2D eigenvalue weighted by atomic mass is 19.1. The predicted octanol–water partition coefficient (Wildman–Crippen LogP) is 3.39. The van der Waals surface area contributed by atoms with Gasteiger partial charge in [-0.3, -0.25) is 5.10 Å². The molecule has 32 heavy (non-hydrogen) atoms. The van der Waals surface area contributed by atoms with Crippen LogP contribution in [0.25, 0.3) is 28.6 Å². The first-order valence-corrected chi connectivity index (χ1v) is 10.5.